The number of hydrogen-bond acceptors (Lipinski definition) is 2. The topological polar surface area (TPSA) is 49.3 Å². The summed E-state index contributed by atoms with van der Waals surface area (Å²) in [4.78, 5) is 12.4. The van der Waals surface area contributed by atoms with Crippen molar-refractivity contribution in [3.8, 4) is 5.75 Å². The van der Waals surface area contributed by atoms with Gasteiger partial charge in [-0.1, -0.05) is 35.9 Å². The van der Waals surface area contributed by atoms with Crippen molar-refractivity contribution in [3.63, 3.8) is 0 Å². The minimum absolute atomic E-state index is 0. The number of phenols is 1. The first-order valence-electron chi connectivity index (χ1n) is 6.84. The van der Waals surface area contributed by atoms with Crippen LogP contribution in [-0.2, 0) is 0 Å². The van der Waals surface area contributed by atoms with Crippen LogP contribution in [0.4, 0.5) is 5.69 Å². The number of amides is 1. The molecule has 3 rings (SSSR count). The van der Waals surface area contributed by atoms with E-state index in [0.29, 0.717) is 10.7 Å². The summed E-state index contributed by atoms with van der Waals surface area (Å²) in [7, 11) is 0. The van der Waals surface area contributed by atoms with Gasteiger partial charge >= 0.3 is 29.6 Å². The van der Waals surface area contributed by atoms with Gasteiger partial charge in [0.1, 0.15) is 5.75 Å². The second kappa shape index (κ2) is 7.37. The summed E-state index contributed by atoms with van der Waals surface area (Å²) >= 11 is 5.91. The average molecular weight is 335 g/mol. The van der Waals surface area contributed by atoms with Crippen molar-refractivity contribution >= 4 is 34.0 Å². The first-order valence-corrected chi connectivity index (χ1v) is 7.21. The quantitative estimate of drug-likeness (QED) is 0.702. The number of carbonyl (C=O) groups excluding carboxylic acids is 1. The van der Waals surface area contributed by atoms with Gasteiger partial charge in [0.15, 0.2) is 0 Å². The molecule has 0 radical (unpaired) electrons. The molecule has 0 saturated carbocycles. The molecule has 0 aromatic heterocycles. The molecule has 0 atom stereocenters. The van der Waals surface area contributed by atoms with Crippen LogP contribution in [0.1, 0.15) is 15.9 Å². The molecule has 0 heterocycles. The molecule has 3 nitrogen and oxygen atoms in total. The smallest absolute Gasteiger partial charge is 0.507 e. The molecule has 0 aliphatic carbocycles. The van der Waals surface area contributed by atoms with Crippen molar-refractivity contribution in [1.82, 2.24) is 0 Å². The zero-order valence-corrected chi connectivity index (χ0v) is 15.7. The van der Waals surface area contributed by atoms with Gasteiger partial charge in [-0.2, -0.15) is 0 Å². The van der Waals surface area contributed by atoms with E-state index in [0.717, 1.165) is 16.3 Å². The van der Waals surface area contributed by atoms with Gasteiger partial charge in [0, 0.05) is 10.7 Å². The molecular weight excluding hydrogens is 321 g/mol. The van der Waals surface area contributed by atoms with Gasteiger partial charge in [0.25, 0.3) is 5.91 Å². The Balaban J connectivity index is 0.00000192. The molecule has 1 amide bonds. The number of aryl methyl sites for hydroxylation is 1. The molecule has 110 valence electrons. The van der Waals surface area contributed by atoms with E-state index in [-0.39, 0.29) is 46.8 Å². The SMILES string of the molecule is Cc1cc(Cl)ccc1NC(=O)c1cc2ccccc2cc1O.[Na+]. The Bertz CT molecular complexity index is 880. The van der Waals surface area contributed by atoms with Gasteiger partial charge in [-0.15, -0.1) is 0 Å². The van der Waals surface area contributed by atoms with E-state index in [9.17, 15) is 9.90 Å². The minimum atomic E-state index is -0.353. The minimum Gasteiger partial charge on any atom is -0.507 e. The largest absolute Gasteiger partial charge is 1.00 e. The van der Waals surface area contributed by atoms with Crippen LogP contribution in [0.2, 0.25) is 5.02 Å². The van der Waals surface area contributed by atoms with Crippen molar-refractivity contribution in [1.29, 1.82) is 0 Å². The van der Waals surface area contributed by atoms with Crippen LogP contribution in [0.25, 0.3) is 10.8 Å². The van der Waals surface area contributed by atoms with Crippen LogP contribution in [-0.4, -0.2) is 11.0 Å². The Morgan fingerprint density at radius 2 is 1.70 bits per heavy atom. The molecule has 0 aliphatic heterocycles. The maximum atomic E-state index is 12.4. The van der Waals surface area contributed by atoms with Gasteiger partial charge < -0.3 is 10.4 Å². The maximum absolute atomic E-state index is 12.4. The number of hydrogen-bond donors (Lipinski definition) is 2. The summed E-state index contributed by atoms with van der Waals surface area (Å²) in [5, 5.41) is 15.3. The number of anilines is 1. The third-order valence-corrected chi connectivity index (χ3v) is 3.78. The third kappa shape index (κ3) is 3.88. The molecule has 3 aromatic rings. The normalized spacial score (nSPS) is 10.2. The Morgan fingerprint density at radius 3 is 2.35 bits per heavy atom. The monoisotopic (exact) mass is 334 g/mol. The molecule has 23 heavy (non-hydrogen) atoms. The Kier molecular flexibility index (Phi) is 5.71. The number of benzene rings is 3. The van der Waals surface area contributed by atoms with E-state index < -0.39 is 0 Å². The van der Waals surface area contributed by atoms with Gasteiger partial charge in [-0.3, -0.25) is 4.79 Å². The van der Waals surface area contributed by atoms with Gasteiger partial charge in [0.2, 0.25) is 0 Å². The number of aromatic hydroxyl groups is 1. The molecule has 0 aliphatic rings. The predicted molar refractivity (Wildman–Crippen MR) is 89.8 cm³/mol. The van der Waals surface area contributed by atoms with Crippen molar-refractivity contribution in [3.05, 3.63) is 70.7 Å². The summed E-state index contributed by atoms with van der Waals surface area (Å²) < 4.78 is 0. The average Bonchev–Trinajstić information content (AvgIpc) is 2.49. The Morgan fingerprint density at radius 1 is 1.04 bits per heavy atom. The van der Waals surface area contributed by atoms with Crippen molar-refractivity contribution in [2.75, 3.05) is 5.32 Å². The van der Waals surface area contributed by atoms with Crippen LogP contribution in [0.3, 0.4) is 0 Å². The molecule has 2 N–H and O–H groups in total. The predicted octanol–water partition coefficient (Wildman–Crippen LogP) is 1.76. The standard InChI is InChI=1S/C18H14ClNO2.Na/c1-11-8-14(19)6-7-16(11)20-18(22)15-9-12-4-2-3-5-13(12)10-17(15)21;/h2-10,21H,1H3,(H,20,22);/q;+1. The molecule has 0 unspecified atom stereocenters. The van der Waals surface area contributed by atoms with Gasteiger partial charge in [-0.05, 0) is 53.6 Å². The Hall–Kier alpha value is -1.52. The number of fused-ring (bicyclic) bond motifs is 1. The van der Waals surface area contributed by atoms with E-state index >= 15 is 0 Å². The van der Waals surface area contributed by atoms with E-state index in [4.69, 9.17) is 11.6 Å². The van der Waals surface area contributed by atoms with Crippen molar-refractivity contribution in [2.24, 2.45) is 0 Å². The van der Waals surface area contributed by atoms with E-state index in [1.807, 2.05) is 31.2 Å². The van der Waals surface area contributed by atoms with Crippen molar-refractivity contribution in [2.45, 2.75) is 6.92 Å². The van der Waals surface area contributed by atoms with Crippen LogP contribution < -0.4 is 34.9 Å². The maximum Gasteiger partial charge on any atom is 1.00 e. The first kappa shape index (κ1) is 17.8. The van der Waals surface area contributed by atoms with E-state index in [1.165, 1.54) is 0 Å². The van der Waals surface area contributed by atoms with Crippen LogP contribution in [0.5, 0.6) is 5.75 Å². The van der Waals surface area contributed by atoms with E-state index in [1.54, 1.807) is 30.3 Å². The molecule has 0 fully saturated rings. The molecule has 5 heteroatoms. The van der Waals surface area contributed by atoms with Crippen LogP contribution >= 0.6 is 11.6 Å². The fourth-order valence-electron chi connectivity index (χ4n) is 2.37. The fourth-order valence-corrected chi connectivity index (χ4v) is 2.59. The summed E-state index contributed by atoms with van der Waals surface area (Å²) in [6.07, 6.45) is 0. The summed E-state index contributed by atoms with van der Waals surface area (Å²) in [6.45, 7) is 1.86. The van der Waals surface area contributed by atoms with Gasteiger partial charge in [-0.25, -0.2) is 0 Å². The molecule has 0 saturated heterocycles. The van der Waals surface area contributed by atoms with Crippen molar-refractivity contribution < 1.29 is 39.5 Å². The van der Waals surface area contributed by atoms with Gasteiger partial charge in [0.05, 0.1) is 5.56 Å². The number of halogens is 1. The third-order valence-electron chi connectivity index (χ3n) is 3.55. The molecule has 0 spiro atoms. The number of carbonyl (C=O) groups is 1. The number of rotatable bonds is 2. The van der Waals surface area contributed by atoms with E-state index in [2.05, 4.69) is 5.32 Å². The second-order valence-corrected chi connectivity index (χ2v) is 5.57. The molecule has 3 aromatic carbocycles. The molecule has 0 bridgehead atoms. The summed E-state index contributed by atoms with van der Waals surface area (Å²) in [6, 6.07) is 16.1. The molecular formula is C18H14ClNNaO2+. The first-order chi connectivity index (χ1) is 10.5. The van der Waals surface area contributed by atoms with Crippen LogP contribution in [0, 0.1) is 6.92 Å². The zero-order chi connectivity index (χ0) is 15.7. The van der Waals surface area contributed by atoms with Crippen LogP contribution in [0.15, 0.2) is 54.6 Å². The summed E-state index contributed by atoms with van der Waals surface area (Å²) in [5.41, 5.74) is 1.77. The summed E-state index contributed by atoms with van der Waals surface area (Å²) in [5.74, 6) is -0.392. The Labute approximate surface area is 161 Å². The zero-order valence-electron chi connectivity index (χ0n) is 12.9. The number of phenolic OH excluding ortho intramolecular Hbond substituents is 1. The second-order valence-electron chi connectivity index (χ2n) is 5.13. The number of nitrogens with one attached hydrogen (secondary N) is 1. The fraction of sp³-hybridized carbons (Fsp3) is 0.0556.